The first-order chi connectivity index (χ1) is 7.92. The Morgan fingerprint density at radius 3 is 2.65 bits per heavy atom. The molecule has 1 aliphatic carbocycles. The second-order valence-electron chi connectivity index (χ2n) is 5.68. The Morgan fingerprint density at radius 2 is 2.06 bits per heavy atom. The molecule has 1 aromatic carbocycles. The van der Waals surface area contributed by atoms with Gasteiger partial charge in [-0.3, -0.25) is 0 Å². The van der Waals surface area contributed by atoms with Crippen LogP contribution in [0, 0.1) is 11.3 Å². The van der Waals surface area contributed by atoms with Crippen molar-refractivity contribution in [2.45, 2.75) is 39.2 Å². The highest BCUT2D eigenvalue weighted by atomic mass is 79.9. The maximum Gasteiger partial charge on any atom is 0.0340 e. The molecule has 2 N–H and O–H groups in total. The molecule has 3 heteroatoms. The van der Waals surface area contributed by atoms with Gasteiger partial charge in [0.15, 0.2) is 0 Å². The summed E-state index contributed by atoms with van der Waals surface area (Å²) in [4.78, 5) is 0. The van der Waals surface area contributed by atoms with Crippen molar-refractivity contribution in [3.63, 3.8) is 0 Å². The minimum atomic E-state index is 0.124. The molecule has 1 nitrogen and oxygen atoms in total. The van der Waals surface area contributed by atoms with E-state index in [1.54, 1.807) is 0 Å². The van der Waals surface area contributed by atoms with E-state index in [9.17, 15) is 0 Å². The molecule has 0 saturated heterocycles. The largest absolute Gasteiger partial charge is 0.324 e. The Balaban J connectivity index is 2.30. The van der Waals surface area contributed by atoms with Gasteiger partial charge in [-0.15, -0.1) is 0 Å². The molecule has 0 radical (unpaired) electrons. The Bertz CT molecular complexity index is 415. The molecule has 1 saturated carbocycles. The molecule has 2 rings (SSSR count). The molecular weight excluding hydrogens is 342 g/mol. The van der Waals surface area contributed by atoms with Gasteiger partial charge < -0.3 is 5.73 Å². The quantitative estimate of drug-likeness (QED) is 0.785. The Hall–Kier alpha value is 0.140. The average molecular weight is 361 g/mol. The monoisotopic (exact) mass is 359 g/mol. The van der Waals surface area contributed by atoms with E-state index in [4.69, 9.17) is 5.73 Å². The van der Waals surface area contributed by atoms with Crippen molar-refractivity contribution in [3.05, 3.63) is 32.7 Å². The lowest BCUT2D eigenvalue weighted by atomic mass is 9.76. The van der Waals surface area contributed by atoms with Crippen LogP contribution in [0.5, 0.6) is 0 Å². The fourth-order valence-electron chi connectivity index (χ4n) is 3.01. The minimum absolute atomic E-state index is 0.124. The molecule has 0 aromatic heterocycles. The van der Waals surface area contributed by atoms with Crippen LogP contribution in [-0.2, 0) is 0 Å². The molecule has 1 fully saturated rings. The first kappa shape index (κ1) is 13.6. The van der Waals surface area contributed by atoms with Crippen LogP contribution in [0.4, 0.5) is 0 Å². The molecule has 0 amide bonds. The minimum Gasteiger partial charge on any atom is -0.324 e. The average Bonchev–Trinajstić information content (AvgIpc) is 2.61. The summed E-state index contributed by atoms with van der Waals surface area (Å²) in [7, 11) is 0. The number of hydrogen-bond donors (Lipinski definition) is 1. The summed E-state index contributed by atoms with van der Waals surface area (Å²) in [6.07, 6.45) is 3.83. The molecule has 17 heavy (non-hydrogen) atoms. The second kappa shape index (κ2) is 5.02. The van der Waals surface area contributed by atoms with Gasteiger partial charge in [0.05, 0.1) is 0 Å². The highest BCUT2D eigenvalue weighted by Crippen LogP contribution is 2.48. The van der Waals surface area contributed by atoms with E-state index in [1.165, 1.54) is 24.8 Å². The van der Waals surface area contributed by atoms with Gasteiger partial charge in [-0.1, -0.05) is 52.1 Å². The van der Waals surface area contributed by atoms with Crippen LogP contribution in [0.2, 0.25) is 0 Å². The lowest BCUT2D eigenvalue weighted by Crippen LogP contribution is -2.29. The van der Waals surface area contributed by atoms with Crippen molar-refractivity contribution in [3.8, 4) is 0 Å². The van der Waals surface area contributed by atoms with Crippen LogP contribution >= 0.6 is 31.9 Å². The van der Waals surface area contributed by atoms with Crippen LogP contribution in [0.25, 0.3) is 0 Å². The third kappa shape index (κ3) is 2.77. The fraction of sp³-hybridized carbons (Fsp3) is 0.571. The zero-order chi connectivity index (χ0) is 12.6. The first-order valence-corrected chi connectivity index (χ1v) is 7.71. The molecule has 1 aliphatic rings. The number of benzene rings is 1. The standard InChI is InChI=1S/C14H19Br2N/c1-14(2)7-3-4-11(14)13(17)10-8-9(15)5-6-12(10)16/h5-6,8,11,13H,3-4,7,17H2,1-2H3. The lowest BCUT2D eigenvalue weighted by molar-refractivity contribution is 0.222. The van der Waals surface area contributed by atoms with Crippen molar-refractivity contribution in [1.82, 2.24) is 0 Å². The first-order valence-electron chi connectivity index (χ1n) is 6.12. The van der Waals surface area contributed by atoms with E-state index in [-0.39, 0.29) is 6.04 Å². The molecular formula is C14H19Br2N. The van der Waals surface area contributed by atoms with Gasteiger partial charge >= 0.3 is 0 Å². The third-order valence-corrected chi connectivity index (χ3v) is 5.31. The second-order valence-corrected chi connectivity index (χ2v) is 7.45. The van der Waals surface area contributed by atoms with E-state index in [0.717, 1.165) is 8.95 Å². The molecule has 1 aromatic rings. The van der Waals surface area contributed by atoms with Gasteiger partial charge in [-0.2, -0.15) is 0 Å². The van der Waals surface area contributed by atoms with Gasteiger partial charge in [0.25, 0.3) is 0 Å². The lowest BCUT2D eigenvalue weighted by Gasteiger charge is -2.32. The fourth-order valence-corrected chi connectivity index (χ4v) is 3.90. The number of nitrogens with two attached hydrogens (primary N) is 1. The zero-order valence-corrected chi connectivity index (χ0v) is 13.5. The van der Waals surface area contributed by atoms with Crippen LogP contribution in [0.15, 0.2) is 27.1 Å². The van der Waals surface area contributed by atoms with Crippen molar-refractivity contribution in [1.29, 1.82) is 0 Å². The summed E-state index contributed by atoms with van der Waals surface area (Å²) < 4.78 is 2.22. The number of hydrogen-bond acceptors (Lipinski definition) is 1. The smallest absolute Gasteiger partial charge is 0.0340 e. The SMILES string of the molecule is CC1(C)CCCC1C(N)c1cc(Br)ccc1Br. The Morgan fingerprint density at radius 1 is 1.35 bits per heavy atom. The Labute approximate surface area is 120 Å². The predicted octanol–water partition coefficient (Wildman–Crippen LogP) is 5.04. The van der Waals surface area contributed by atoms with Gasteiger partial charge in [-0.25, -0.2) is 0 Å². The maximum atomic E-state index is 6.49. The van der Waals surface area contributed by atoms with Crippen LogP contribution in [0.1, 0.15) is 44.7 Å². The maximum absolute atomic E-state index is 6.49. The molecule has 0 aliphatic heterocycles. The van der Waals surface area contributed by atoms with E-state index < -0.39 is 0 Å². The van der Waals surface area contributed by atoms with E-state index >= 15 is 0 Å². The Kier molecular flexibility index (Phi) is 4.01. The topological polar surface area (TPSA) is 26.0 Å². The number of rotatable bonds is 2. The van der Waals surface area contributed by atoms with Gasteiger partial charge in [-0.05, 0) is 47.9 Å². The molecule has 2 atom stereocenters. The van der Waals surface area contributed by atoms with E-state index in [1.807, 2.05) is 6.07 Å². The molecule has 0 heterocycles. The van der Waals surface area contributed by atoms with Crippen molar-refractivity contribution < 1.29 is 0 Å². The van der Waals surface area contributed by atoms with Crippen LogP contribution < -0.4 is 5.73 Å². The van der Waals surface area contributed by atoms with E-state index in [2.05, 4.69) is 57.8 Å². The summed E-state index contributed by atoms with van der Waals surface area (Å²) in [5.41, 5.74) is 8.08. The molecule has 94 valence electrons. The molecule has 0 bridgehead atoms. The van der Waals surface area contributed by atoms with E-state index in [0.29, 0.717) is 11.3 Å². The molecule has 2 unspecified atom stereocenters. The predicted molar refractivity (Wildman–Crippen MR) is 79.9 cm³/mol. The van der Waals surface area contributed by atoms with Crippen molar-refractivity contribution >= 4 is 31.9 Å². The van der Waals surface area contributed by atoms with Crippen molar-refractivity contribution in [2.24, 2.45) is 17.1 Å². The summed E-state index contributed by atoms with van der Waals surface area (Å²) in [6.45, 7) is 4.69. The summed E-state index contributed by atoms with van der Waals surface area (Å²) >= 11 is 7.14. The zero-order valence-electron chi connectivity index (χ0n) is 10.3. The summed E-state index contributed by atoms with van der Waals surface area (Å²) in [5.74, 6) is 0.577. The van der Waals surface area contributed by atoms with Gasteiger partial charge in [0.1, 0.15) is 0 Å². The third-order valence-electron chi connectivity index (χ3n) is 4.09. The number of halogens is 2. The highest BCUT2D eigenvalue weighted by molar-refractivity contribution is 9.11. The van der Waals surface area contributed by atoms with Gasteiger partial charge in [0.2, 0.25) is 0 Å². The van der Waals surface area contributed by atoms with Gasteiger partial charge in [0, 0.05) is 15.0 Å². The normalized spacial score (nSPS) is 24.9. The van der Waals surface area contributed by atoms with Crippen molar-refractivity contribution in [2.75, 3.05) is 0 Å². The van der Waals surface area contributed by atoms with Crippen LogP contribution in [-0.4, -0.2) is 0 Å². The highest BCUT2D eigenvalue weighted by Gasteiger charge is 2.39. The van der Waals surface area contributed by atoms with Crippen LogP contribution in [0.3, 0.4) is 0 Å². The summed E-state index contributed by atoms with van der Waals surface area (Å²) in [5, 5.41) is 0. The molecule has 0 spiro atoms. The summed E-state index contributed by atoms with van der Waals surface area (Å²) in [6, 6.07) is 6.38.